The average molecular weight is 344 g/mol. The lowest BCUT2D eigenvalue weighted by molar-refractivity contribution is -0.133. The van der Waals surface area contributed by atoms with E-state index in [0.29, 0.717) is 12.5 Å². The van der Waals surface area contributed by atoms with Crippen molar-refractivity contribution in [1.29, 1.82) is 0 Å². The quantitative estimate of drug-likeness (QED) is 0.892. The van der Waals surface area contributed by atoms with Crippen LogP contribution in [0.3, 0.4) is 0 Å². The second-order valence-corrected chi connectivity index (χ2v) is 7.73. The topological polar surface area (TPSA) is 35.6 Å². The number of amides is 1. The molecular formula is C21H33N3O. The first-order valence-corrected chi connectivity index (χ1v) is 9.97. The highest BCUT2D eigenvalue weighted by Crippen LogP contribution is 2.22. The molecule has 0 atom stereocenters. The van der Waals surface area contributed by atoms with Crippen molar-refractivity contribution in [2.45, 2.75) is 39.0 Å². The summed E-state index contributed by atoms with van der Waals surface area (Å²) in [6.07, 6.45) is 5.90. The minimum atomic E-state index is 0.332. The second kappa shape index (κ2) is 9.35. The first-order chi connectivity index (χ1) is 12.2. The number of hydrogen-bond donors (Lipinski definition) is 1. The molecule has 2 saturated heterocycles. The third kappa shape index (κ3) is 5.82. The van der Waals surface area contributed by atoms with Gasteiger partial charge in [-0.3, -0.25) is 9.69 Å². The van der Waals surface area contributed by atoms with Crippen molar-refractivity contribution in [1.82, 2.24) is 15.1 Å². The van der Waals surface area contributed by atoms with E-state index in [0.717, 1.165) is 51.6 Å². The fourth-order valence-corrected chi connectivity index (χ4v) is 3.95. The molecular weight excluding hydrogens is 310 g/mol. The Bertz CT molecular complexity index is 527. The molecule has 0 aliphatic carbocycles. The number of carbonyl (C=O) groups excluding carboxylic acids is 1. The number of nitrogens with one attached hydrogen (secondary N) is 1. The smallest absolute Gasteiger partial charge is 0.236 e. The van der Waals surface area contributed by atoms with Crippen LogP contribution in [0.15, 0.2) is 24.3 Å². The predicted molar refractivity (Wildman–Crippen MR) is 103 cm³/mol. The van der Waals surface area contributed by atoms with Crippen molar-refractivity contribution in [3.05, 3.63) is 35.4 Å². The molecule has 0 spiro atoms. The Labute approximate surface area is 152 Å². The van der Waals surface area contributed by atoms with Crippen LogP contribution in [-0.2, 0) is 11.2 Å². The summed E-state index contributed by atoms with van der Waals surface area (Å²) in [6, 6.07) is 8.91. The number of benzene rings is 1. The van der Waals surface area contributed by atoms with Crippen LogP contribution in [0.5, 0.6) is 0 Å². The molecule has 138 valence electrons. The van der Waals surface area contributed by atoms with Crippen LogP contribution in [0.25, 0.3) is 0 Å². The minimum absolute atomic E-state index is 0.332. The average Bonchev–Trinajstić information content (AvgIpc) is 2.90. The van der Waals surface area contributed by atoms with Crippen LogP contribution in [0, 0.1) is 12.8 Å². The molecule has 0 bridgehead atoms. The molecule has 2 aliphatic rings. The molecule has 2 fully saturated rings. The minimum Gasteiger partial charge on any atom is -0.342 e. The molecule has 0 unspecified atom stereocenters. The van der Waals surface area contributed by atoms with Gasteiger partial charge in [-0.1, -0.05) is 29.8 Å². The third-order valence-electron chi connectivity index (χ3n) is 5.72. The van der Waals surface area contributed by atoms with Crippen LogP contribution in [0.4, 0.5) is 0 Å². The van der Waals surface area contributed by atoms with E-state index in [2.05, 4.69) is 46.3 Å². The Morgan fingerprint density at radius 2 is 1.84 bits per heavy atom. The van der Waals surface area contributed by atoms with Crippen molar-refractivity contribution < 1.29 is 4.79 Å². The predicted octanol–water partition coefficient (Wildman–Crippen LogP) is 2.46. The van der Waals surface area contributed by atoms with Crippen LogP contribution in [0.2, 0.25) is 0 Å². The van der Waals surface area contributed by atoms with E-state index in [1.54, 1.807) is 0 Å². The monoisotopic (exact) mass is 343 g/mol. The van der Waals surface area contributed by atoms with Gasteiger partial charge in [-0.05, 0) is 63.6 Å². The fraction of sp³-hybridized carbons (Fsp3) is 0.667. The molecule has 2 heterocycles. The van der Waals surface area contributed by atoms with Crippen molar-refractivity contribution in [2.24, 2.45) is 5.92 Å². The van der Waals surface area contributed by atoms with Gasteiger partial charge in [-0.15, -0.1) is 0 Å². The largest absolute Gasteiger partial charge is 0.342 e. The molecule has 4 nitrogen and oxygen atoms in total. The molecule has 1 aromatic rings. The van der Waals surface area contributed by atoms with Gasteiger partial charge < -0.3 is 10.2 Å². The van der Waals surface area contributed by atoms with Gasteiger partial charge in [0, 0.05) is 26.2 Å². The first-order valence-electron chi connectivity index (χ1n) is 9.97. The number of piperidine rings is 1. The number of aryl methyl sites for hydroxylation is 2. The highest BCUT2D eigenvalue weighted by atomic mass is 16.2. The van der Waals surface area contributed by atoms with E-state index in [-0.39, 0.29) is 0 Å². The Balaban J connectivity index is 1.37. The summed E-state index contributed by atoms with van der Waals surface area (Å²) < 4.78 is 0. The van der Waals surface area contributed by atoms with Gasteiger partial charge >= 0.3 is 0 Å². The molecule has 1 amide bonds. The van der Waals surface area contributed by atoms with Crippen LogP contribution >= 0.6 is 0 Å². The zero-order chi connectivity index (χ0) is 17.5. The van der Waals surface area contributed by atoms with E-state index >= 15 is 0 Å². The summed E-state index contributed by atoms with van der Waals surface area (Å²) in [7, 11) is 0. The molecule has 4 heteroatoms. The number of hydrogen-bond acceptors (Lipinski definition) is 3. The number of carbonyl (C=O) groups is 1. The van der Waals surface area contributed by atoms with E-state index in [1.807, 2.05) is 0 Å². The molecule has 0 saturated carbocycles. The normalized spacial score (nSPS) is 20.4. The van der Waals surface area contributed by atoms with Crippen molar-refractivity contribution >= 4 is 5.91 Å². The summed E-state index contributed by atoms with van der Waals surface area (Å²) in [5.41, 5.74) is 2.77. The van der Waals surface area contributed by atoms with Gasteiger partial charge in [-0.2, -0.15) is 0 Å². The van der Waals surface area contributed by atoms with Crippen molar-refractivity contribution in [3.8, 4) is 0 Å². The molecule has 1 N–H and O–H groups in total. The molecule has 0 radical (unpaired) electrons. The molecule has 3 rings (SSSR count). The van der Waals surface area contributed by atoms with Crippen LogP contribution in [-0.4, -0.2) is 61.5 Å². The number of rotatable bonds is 5. The summed E-state index contributed by atoms with van der Waals surface area (Å²) in [6.45, 7) is 8.78. The van der Waals surface area contributed by atoms with Crippen LogP contribution < -0.4 is 5.32 Å². The maximum atomic E-state index is 12.6. The lowest BCUT2D eigenvalue weighted by atomic mass is 9.90. The number of likely N-dealkylation sites (tertiary alicyclic amines) is 1. The zero-order valence-corrected chi connectivity index (χ0v) is 15.7. The van der Waals surface area contributed by atoms with Gasteiger partial charge in [0.05, 0.1) is 6.54 Å². The number of nitrogens with zero attached hydrogens (tertiary/aromatic N) is 2. The summed E-state index contributed by atoms with van der Waals surface area (Å²) in [5, 5.41) is 3.40. The van der Waals surface area contributed by atoms with E-state index in [1.165, 1.54) is 36.8 Å². The van der Waals surface area contributed by atoms with Gasteiger partial charge in [-0.25, -0.2) is 0 Å². The zero-order valence-electron chi connectivity index (χ0n) is 15.7. The molecule has 0 aromatic heterocycles. The lowest BCUT2D eigenvalue weighted by Gasteiger charge is -2.33. The third-order valence-corrected chi connectivity index (χ3v) is 5.72. The van der Waals surface area contributed by atoms with Gasteiger partial charge in [0.25, 0.3) is 0 Å². The lowest BCUT2D eigenvalue weighted by Crippen LogP contribution is -2.45. The summed E-state index contributed by atoms with van der Waals surface area (Å²) in [5.74, 6) is 1.10. The van der Waals surface area contributed by atoms with Gasteiger partial charge in [0.1, 0.15) is 0 Å². The van der Waals surface area contributed by atoms with Gasteiger partial charge in [0.2, 0.25) is 5.91 Å². The highest BCUT2D eigenvalue weighted by molar-refractivity contribution is 5.78. The van der Waals surface area contributed by atoms with Crippen molar-refractivity contribution in [2.75, 3.05) is 45.8 Å². The SMILES string of the molecule is Cc1ccc(CCC2CCN(C(=O)CN3CCCNCC3)CC2)cc1. The molecule has 2 aliphatic heterocycles. The molecule has 1 aromatic carbocycles. The maximum absolute atomic E-state index is 12.6. The first kappa shape index (κ1) is 18.4. The van der Waals surface area contributed by atoms with Gasteiger partial charge in [0.15, 0.2) is 0 Å². The maximum Gasteiger partial charge on any atom is 0.236 e. The van der Waals surface area contributed by atoms with E-state index in [4.69, 9.17) is 0 Å². The Kier molecular flexibility index (Phi) is 6.88. The Hall–Kier alpha value is -1.39. The van der Waals surface area contributed by atoms with E-state index in [9.17, 15) is 4.79 Å². The fourth-order valence-electron chi connectivity index (χ4n) is 3.95. The summed E-state index contributed by atoms with van der Waals surface area (Å²) in [4.78, 5) is 17.0. The summed E-state index contributed by atoms with van der Waals surface area (Å²) >= 11 is 0. The molecule has 25 heavy (non-hydrogen) atoms. The van der Waals surface area contributed by atoms with E-state index < -0.39 is 0 Å². The van der Waals surface area contributed by atoms with Crippen molar-refractivity contribution in [3.63, 3.8) is 0 Å². The highest BCUT2D eigenvalue weighted by Gasteiger charge is 2.24. The standard InChI is InChI=1S/C21H33N3O/c1-18-3-5-19(6-4-18)7-8-20-9-14-24(15-10-20)21(25)17-23-13-2-11-22-12-16-23/h3-6,20,22H,2,7-17H2,1H3. The van der Waals surface area contributed by atoms with Crippen LogP contribution in [0.1, 0.15) is 36.8 Å². The Morgan fingerprint density at radius 3 is 2.60 bits per heavy atom. The second-order valence-electron chi connectivity index (χ2n) is 7.73. The Morgan fingerprint density at radius 1 is 1.08 bits per heavy atom.